The van der Waals surface area contributed by atoms with Crippen LogP contribution in [-0.2, 0) is 0 Å². The van der Waals surface area contributed by atoms with Crippen LogP contribution in [0, 0.1) is 20.8 Å². The maximum absolute atomic E-state index is 12.9. The predicted octanol–water partition coefficient (Wildman–Crippen LogP) is 2.88. The van der Waals surface area contributed by atoms with Gasteiger partial charge in [-0.05, 0) is 52.7 Å². The van der Waals surface area contributed by atoms with E-state index < -0.39 is 0 Å². The van der Waals surface area contributed by atoms with Gasteiger partial charge in [0.25, 0.3) is 5.91 Å². The Kier molecular flexibility index (Phi) is 5.21. The number of piperazine rings is 1. The van der Waals surface area contributed by atoms with E-state index in [1.165, 1.54) is 5.56 Å². The SMILES string of the molecule is Cc1cc(C)c(C(=O)N2CCN(C(=O)NC(C)(C)C)CC2)c(C)c1. The van der Waals surface area contributed by atoms with Crippen molar-refractivity contribution in [3.8, 4) is 0 Å². The summed E-state index contributed by atoms with van der Waals surface area (Å²) < 4.78 is 0. The molecule has 1 aliphatic rings. The smallest absolute Gasteiger partial charge is 0.317 e. The van der Waals surface area contributed by atoms with Crippen molar-refractivity contribution in [2.24, 2.45) is 0 Å². The lowest BCUT2D eigenvalue weighted by Crippen LogP contribution is -2.56. The van der Waals surface area contributed by atoms with Crippen LogP contribution < -0.4 is 5.32 Å². The third-order valence-corrected chi connectivity index (χ3v) is 4.23. The predicted molar refractivity (Wildman–Crippen MR) is 96.4 cm³/mol. The molecule has 0 unspecified atom stereocenters. The summed E-state index contributed by atoms with van der Waals surface area (Å²) in [5.41, 5.74) is 3.76. The minimum Gasteiger partial charge on any atom is -0.335 e. The Bertz CT molecular complexity index is 615. The summed E-state index contributed by atoms with van der Waals surface area (Å²) in [6.45, 7) is 14.2. The molecule has 0 spiro atoms. The summed E-state index contributed by atoms with van der Waals surface area (Å²) in [4.78, 5) is 28.7. The van der Waals surface area contributed by atoms with Crippen LogP contribution in [0.2, 0.25) is 0 Å². The molecule has 1 fully saturated rings. The van der Waals surface area contributed by atoms with Crippen molar-refractivity contribution >= 4 is 11.9 Å². The number of hydrogen-bond donors (Lipinski definition) is 1. The molecule has 5 nitrogen and oxygen atoms in total. The molecule has 1 aromatic carbocycles. The van der Waals surface area contributed by atoms with Gasteiger partial charge in [-0.1, -0.05) is 17.7 Å². The fourth-order valence-electron chi connectivity index (χ4n) is 3.19. The van der Waals surface area contributed by atoms with E-state index in [4.69, 9.17) is 0 Å². The van der Waals surface area contributed by atoms with Crippen molar-refractivity contribution in [2.45, 2.75) is 47.1 Å². The molecule has 3 amide bonds. The number of aryl methyl sites for hydroxylation is 3. The number of nitrogens with zero attached hydrogens (tertiary/aromatic N) is 2. The number of rotatable bonds is 1. The van der Waals surface area contributed by atoms with Crippen molar-refractivity contribution in [1.82, 2.24) is 15.1 Å². The molecular weight excluding hydrogens is 302 g/mol. The molecule has 1 aromatic rings. The summed E-state index contributed by atoms with van der Waals surface area (Å²) in [5.74, 6) is 0.0703. The summed E-state index contributed by atoms with van der Waals surface area (Å²) >= 11 is 0. The van der Waals surface area contributed by atoms with E-state index in [-0.39, 0.29) is 17.5 Å². The molecule has 5 heteroatoms. The molecule has 0 saturated carbocycles. The fourth-order valence-corrected chi connectivity index (χ4v) is 3.19. The molecule has 0 aromatic heterocycles. The van der Waals surface area contributed by atoms with Crippen LogP contribution in [-0.4, -0.2) is 53.5 Å². The lowest BCUT2D eigenvalue weighted by molar-refractivity contribution is 0.0660. The van der Waals surface area contributed by atoms with E-state index in [0.717, 1.165) is 16.7 Å². The molecule has 1 saturated heterocycles. The van der Waals surface area contributed by atoms with Gasteiger partial charge < -0.3 is 15.1 Å². The van der Waals surface area contributed by atoms with Crippen LogP contribution >= 0.6 is 0 Å². The zero-order valence-corrected chi connectivity index (χ0v) is 15.7. The highest BCUT2D eigenvalue weighted by Gasteiger charge is 2.27. The van der Waals surface area contributed by atoms with Crippen molar-refractivity contribution in [3.63, 3.8) is 0 Å². The van der Waals surface area contributed by atoms with Gasteiger partial charge in [-0.25, -0.2) is 4.79 Å². The number of carbonyl (C=O) groups excluding carboxylic acids is 2. The van der Waals surface area contributed by atoms with E-state index >= 15 is 0 Å². The molecular formula is C19H29N3O2. The Balaban J connectivity index is 2.02. The minimum atomic E-state index is -0.250. The monoisotopic (exact) mass is 331 g/mol. The van der Waals surface area contributed by atoms with Gasteiger partial charge >= 0.3 is 6.03 Å². The van der Waals surface area contributed by atoms with Gasteiger partial charge in [0.2, 0.25) is 0 Å². The third kappa shape index (κ3) is 4.28. The van der Waals surface area contributed by atoms with E-state index in [1.54, 1.807) is 4.90 Å². The topological polar surface area (TPSA) is 52.7 Å². The summed E-state index contributed by atoms with van der Waals surface area (Å²) in [6.07, 6.45) is 0. The lowest BCUT2D eigenvalue weighted by atomic mass is 9.98. The number of hydrogen-bond acceptors (Lipinski definition) is 2. The zero-order valence-electron chi connectivity index (χ0n) is 15.7. The van der Waals surface area contributed by atoms with Crippen molar-refractivity contribution in [1.29, 1.82) is 0 Å². The largest absolute Gasteiger partial charge is 0.335 e. The normalized spacial score (nSPS) is 15.4. The number of urea groups is 1. The second kappa shape index (κ2) is 6.83. The first-order valence-electron chi connectivity index (χ1n) is 8.53. The Hall–Kier alpha value is -2.04. The van der Waals surface area contributed by atoms with Crippen molar-refractivity contribution in [2.75, 3.05) is 26.2 Å². The highest BCUT2D eigenvalue weighted by molar-refractivity contribution is 5.97. The summed E-state index contributed by atoms with van der Waals surface area (Å²) in [7, 11) is 0. The minimum absolute atomic E-state index is 0.0581. The molecule has 132 valence electrons. The quantitative estimate of drug-likeness (QED) is 0.860. The van der Waals surface area contributed by atoms with Crippen LogP contribution in [0.5, 0.6) is 0 Å². The van der Waals surface area contributed by atoms with Crippen LogP contribution in [0.3, 0.4) is 0 Å². The van der Waals surface area contributed by atoms with Gasteiger partial charge in [0.05, 0.1) is 0 Å². The van der Waals surface area contributed by atoms with E-state index in [2.05, 4.69) is 5.32 Å². The van der Waals surface area contributed by atoms with Gasteiger partial charge in [0.1, 0.15) is 0 Å². The zero-order chi connectivity index (χ0) is 18.1. The Morgan fingerprint density at radius 2 is 1.38 bits per heavy atom. The molecule has 24 heavy (non-hydrogen) atoms. The van der Waals surface area contributed by atoms with Gasteiger partial charge in [0.15, 0.2) is 0 Å². The summed E-state index contributed by atoms with van der Waals surface area (Å²) in [5, 5.41) is 2.97. The average Bonchev–Trinajstić information content (AvgIpc) is 2.44. The number of amides is 3. The molecule has 1 heterocycles. The molecule has 2 rings (SSSR count). The standard InChI is InChI=1S/C19H29N3O2/c1-13-11-14(2)16(15(3)12-13)17(23)21-7-9-22(10-8-21)18(24)20-19(4,5)6/h11-12H,7-10H2,1-6H3,(H,20,24). The Labute approximate surface area is 145 Å². The third-order valence-electron chi connectivity index (χ3n) is 4.23. The fraction of sp³-hybridized carbons (Fsp3) is 0.579. The first-order chi connectivity index (χ1) is 11.1. The second-order valence-electron chi connectivity index (χ2n) is 7.73. The van der Waals surface area contributed by atoms with Crippen molar-refractivity contribution in [3.05, 3.63) is 34.4 Å². The highest BCUT2D eigenvalue weighted by atomic mass is 16.2. The van der Waals surface area contributed by atoms with Crippen LogP contribution in [0.15, 0.2) is 12.1 Å². The molecule has 0 bridgehead atoms. The van der Waals surface area contributed by atoms with Gasteiger partial charge in [0, 0.05) is 37.3 Å². The Morgan fingerprint density at radius 1 is 0.917 bits per heavy atom. The van der Waals surface area contributed by atoms with E-state index in [9.17, 15) is 9.59 Å². The molecule has 0 radical (unpaired) electrons. The van der Waals surface area contributed by atoms with E-state index in [0.29, 0.717) is 26.2 Å². The Morgan fingerprint density at radius 3 is 1.83 bits per heavy atom. The number of nitrogens with one attached hydrogen (secondary N) is 1. The second-order valence-corrected chi connectivity index (χ2v) is 7.73. The van der Waals surface area contributed by atoms with Crippen LogP contribution in [0.25, 0.3) is 0 Å². The highest BCUT2D eigenvalue weighted by Crippen LogP contribution is 2.19. The molecule has 1 N–H and O–H groups in total. The number of carbonyl (C=O) groups is 2. The van der Waals surface area contributed by atoms with Crippen molar-refractivity contribution < 1.29 is 9.59 Å². The molecule has 1 aliphatic heterocycles. The van der Waals surface area contributed by atoms with Gasteiger partial charge in [-0.15, -0.1) is 0 Å². The van der Waals surface area contributed by atoms with Gasteiger partial charge in [-0.3, -0.25) is 4.79 Å². The maximum atomic E-state index is 12.9. The van der Waals surface area contributed by atoms with Crippen LogP contribution in [0.1, 0.15) is 47.8 Å². The van der Waals surface area contributed by atoms with E-state index in [1.807, 2.05) is 58.6 Å². The number of benzene rings is 1. The van der Waals surface area contributed by atoms with Crippen LogP contribution in [0.4, 0.5) is 4.79 Å². The first kappa shape index (κ1) is 18.3. The first-order valence-corrected chi connectivity index (χ1v) is 8.53. The summed E-state index contributed by atoms with van der Waals surface area (Å²) in [6, 6.07) is 4.04. The lowest BCUT2D eigenvalue weighted by Gasteiger charge is -2.36. The maximum Gasteiger partial charge on any atom is 0.317 e. The molecule has 0 aliphatic carbocycles. The molecule has 0 atom stereocenters. The average molecular weight is 331 g/mol. The van der Waals surface area contributed by atoms with Gasteiger partial charge in [-0.2, -0.15) is 0 Å².